The highest BCUT2D eigenvalue weighted by atomic mass is 16.6. The summed E-state index contributed by atoms with van der Waals surface area (Å²) in [6, 6.07) is 7.93. The van der Waals surface area contributed by atoms with Crippen molar-refractivity contribution in [1.29, 1.82) is 0 Å². The molecule has 1 aliphatic heterocycles. The highest BCUT2D eigenvalue weighted by Gasteiger charge is 2.26. The fraction of sp³-hybridized carbons (Fsp3) is 0.619. The zero-order valence-electron chi connectivity index (χ0n) is 17.1. The zero-order valence-corrected chi connectivity index (χ0v) is 17.1. The molecule has 1 heterocycles. The van der Waals surface area contributed by atoms with Crippen molar-refractivity contribution in [1.82, 2.24) is 10.2 Å². The Hall–Kier alpha value is -2.24. The summed E-state index contributed by atoms with van der Waals surface area (Å²) < 4.78 is 10.9. The molecule has 0 radical (unpaired) electrons. The van der Waals surface area contributed by atoms with Crippen LogP contribution in [0.25, 0.3) is 0 Å². The molecule has 6 heteroatoms. The number of rotatable bonds is 5. The second-order valence-corrected chi connectivity index (χ2v) is 8.01. The number of likely N-dealkylation sites (tertiary alicyclic amines) is 1. The molecule has 1 saturated heterocycles. The quantitative estimate of drug-likeness (QED) is 0.854. The fourth-order valence-electron chi connectivity index (χ4n) is 3.03. The number of carbonyl (C=O) groups excluding carboxylic acids is 2. The van der Waals surface area contributed by atoms with E-state index in [-0.39, 0.29) is 23.5 Å². The maximum Gasteiger partial charge on any atom is 0.409 e. The van der Waals surface area contributed by atoms with Gasteiger partial charge in [-0.3, -0.25) is 4.79 Å². The summed E-state index contributed by atoms with van der Waals surface area (Å²) in [7, 11) is 0. The smallest absolute Gasteiger partial charge is 0.409 e. The van der Waals surface area contributed by atoms with Gasteiger partial charge in [0.1, 0.15) is 5.75 Å². The third kappa shape index (κ3) is 6.15. The van der Waals surface area contributed by atoms with Crippen LogP contribution in [0.5, 0.6) is 5.75 Å². The SMILES string of the molecule is CCOC(=O)N1CCC(NC(=O)C(C)Oc2cccc(C(C)(C)C)c2)CC1. The monoisotopic (exact) mass is 376 g/mol. The minimum atomic E-state index is -0.580. The molecule has 1 atom stereocenters. The van der Waals surface area contributed by atoms with Crippen molar-refractivity contribution in [3.8, 4) is 5.75 Å². The molecule has 150 valence electrons. The molecule has 1 aromatic carbocycles. The van der Waals surface area contributed by atoms with Crippen LogP contribution in [-0.2, 0) is 14.9 Å². The van der Waals surface area contributed by atoms with Crippen molar-refractivity contribution in [3.63, 3.8) is 0 Å². The Balaban J connectivity index is 1.84. The van der Waals surface area contributed by atoms with Crippen LogP contribution in [0.1, 0.15) is 53.0 Å². The number of ether oxygens (including phenoxy) is 2. The van der Waals surface area contributed by atoms with Crippen LogP contribution in [-0.4, -0.2) is 48.7 Å². The van der Waals surface area contributed by atoms with E-state index in [9.17, 15) is 9.59 Å². The van der Waals surface area contributed by atoms with Crippen LogP contribution < -0.4 is 10.1 Å². The van der Waals surface area contributed by atoms with Gasteiger partial charge >= 0.3 is 6.09 Å². The Morgan fingerprint density at radius 3 is 2.52 bits per heavy atom. The van der Waals surface area contributed by atoms with Gasteiger partial charge in [0.15, 0.2) is 6.10 Å². The molecule has 2 rings (SSSR count). The van der Waals surface area contributed by atoms with Crippen LogP contribution >= 0.6 is 0 Å². The first-order chi connectivity index (χ1) is 12.7. The summed E-state index contributed by atoms with van der Waals surface area (Å²) in [4.78, 5) is 25.9. The Bertz CT molecular complexity index is 646. The van der Waals surface area contributed by atoms with Gasteiger partial charge in [0, 0.05) is 19.1 Å². The molecule has 1 aliphatic rings. The molecule has 0 aliphatic carbocycles. The second-order valence-electron chi connectivity index (χ2n) is 8.01. The Morgan fingerprint density at radius 2 is 1.93 bits per heavy atom. The van der Waals surface area contributed by atoms with Crippen molar-refractivity contribution >= 4 is 12.0 Å². The van der Waals surface area contributed by atoms with Crippen molar-refractivity contribution in [2.24, 2.45) is 0 Å². The summed E-state index contributed by atoms with van der Waals surface area (Å²) in [6.45, 7) is 11.5. The summed E-state index contributed by atoms with van der Waals surface area (Å²) in [5, 5.41) is 3.03. The lowest BCUT2D eigenvalue weighted by molar-refractivity contribution is -0.128. The van der Waals surface area contributed by atoms with Gasteiger partial charge in [0.05, 0.1) is 6.61 Å². The Morgan fingerprint density at radius 1 is 1.26 bits per heavy atom. The number of nitrogens with zero attached hydrogens (tertiary/aromatic N) is 1. The van der Waals surface area contributed by atoms with Gasteiger partial charge in [-0.1, -0.05) is 32.9 Å². The number of piperidine rings is 1. The number of nitrogens with one attached hydrogen (secondary N) is 1. The number of benzene rings is 1. The van der Waals surface area contributed by atoms with Crippen LogP contribution in [0, 0.1) is 0 Å². The lowest BCUT2D eigenvalue weighted by atomic mass is 9.87. The van der Waals surface area contributed by atoms with Crippen molar-refractivity contribution in [2.45, 2.75) is 65.0 Å². The molecular formula is C21H32N2O4. The standard InChI is InChI=1S/C21H32N2O4/c1-6-26-20(25)23-12-10-17(11-13-23)22-19(24)15(2)27-18-9-7-8-16(14-18)21(3,4)5/h7-9,14-15,17H,6,10-13H2,1-5H3,(H,22,24). The molecule has 0 spiro atoms. The summed E-state index contributed by atoms with van der Waals surface area (Å²) in [5.41, 5.74) is 1.19. The maximum atomic E-state index is 12.5. The summed E-state index contributed by atoms with van der Waals surface area (Å²) in [5.74, 6) is 0.563. The summed E-state index contributed by atoms with van der Waals surface area (Å²) in [6.07, 6.45) is 0.578. The Labute approximate surface area is 162 Å². The lowest BCUT2D eigenvalue weighted by Crippen LogP contribution is -2.49. The molecule has 2 amide bonds. The van der Waals surface area contributed by atoms with Crippen LogP contribution in [0.3, 0.4) is 0 Å². The van der Waals surface area contributed by atoms with Crippen molar-refractivity contribution < 1.29 is 19.1 Å². The van der Waals surface area contributed by atoms with E-state index in [4.69, 9.17) is 9.47 Å². The first kappa shape index (κ1) is 21.1. The molecule has 0 aromatic heterocycles. The zero-order chi connectivity index (χ0) is 20.0. The van der Waals surface area contributed by atoms with Gasteiger partial charge in [-0.15, -0.1) is 0 Å². The van der Waals surface area contributed by atoms with E-state index in [1.165, 1.54) is 5.56 Å². The van der Waals surface area contributed by atoms with Gasteiger partial charge in [-0.05, 0) is 49.8 Å². The largest absolute Gasteiger partial charge is 0.481 e. The van der Waals surface area contributed by atoms with Crippen LogP contribution in [0.15, 0.2) is 24.3 Å². The average molecular weight is 376 g/mol. The molecule has 0 bridgehead atoms. The second kappa shape index (κ2) is 9.11. The van der Waals surface area contributed by atoms with Crippen LogP contribution in [0.4, 0.5) is 4.79 Å². The topological polar surface area (TPSA) is 67.9 Å². The molecule has 1 fully saturated rings. The number of amides is 2. The molecule has 1 N–H and O–H groups in total. The summed E-state index contributed by atoms with van der Waals surface area (Å²) >= 11 is 0. The van der Waals surface area contributed by atoms with Gasteiger partial charge in [-0.2, -0.15) is 0 Å². The Kier molecular flexibility index (Phi) is 7.11. The number of carbonyl (C=O) groups is 2. The highest BCUT2D eigenvalue weighted by Crippen LogP contribution is 2.26. The van der Waals surface area contributed by atoms with E-state index in [0.29, 0.717) is 25.4 Å². The first-order valence-corrected chi connectivity index (χ1v) is 9.70. The molecule has 6 nitrogen and oxygen atoms in total. The molecule has 0 saturated carbocycles. The molecule has 27 heavy (non-hydrogen) atoms. The van der Waals surface area contributed by atoms with Gasteiger partial charge in [-0.25, -0.2) is 4.79 Å². The molecular weight excluding hydrogens is 344 g/mol. The van der Waals surface area contributed by atoms with Crippen molar-refractivity contribution in [3.05, 3.63) is 29.8 Å². The minimum absolute atomic E-state index is 0.0256. The van der Waals surface area contributed by atoms with E-state index >= 15 is 0 Å². The number of hydrogen-bond donors (Lipinski definition) is 1. The predicted molar refractivity (Wildman–Crippen MR) is 105 cm³/mol. The third-order valence-electron chi connectivity index (χ3n) is 4.75. The van der Waals surface area contributed by atoms with E-state index < -0.39 is 6.10 Å². The highest BCUT2D eigenvalue weighted by molar-refractivity contribution is 5.81. The first-order valence-electron chi connectivity index (χ1n) is 9.70. The number of hydrogen-bond acceptors (Lipinski definition) is 4. The van der Waals surface area contributed by atoms with E-state index in [1.54, 1.807) is 18.7 Å². The lowest BCUT2D eigenvalue weighted by Gasteiger charge is -2.32. The predicted octanol–water partition coefficient (Wildman–Crippen LogP) is 3.49. The van der Waals surface area contributed by atoms with Gasteiger partial charge in [0.25, 0.3) is 5.91 Å². The molecule has 1 unspecified atom stereocenters. The van der Waals surface area contributed by atoms with E-state index in [1.807, 2.05) is 18.2 Å². The normalized spacial score (nSPS) is 16.6. The van der Waals surface area contributed by atoms with Gasteiger partial charge < -0.3 is 19.7 Å². The van der Waals surface area contributed by atoms with E-state index in [0.717, 1.165) is 12.8 Å². The van der Waals surface area contributed by atoms with Gasteiger partial charge in [0.2, 0.25) is 0 Å². The molecule has 1 aromatic rings. The van der Waals surface area contributed by atoms with E-state index in [2.05, 4.69) is 32.2 Å². The average Bonchev–Trinajstić information content (AvgIpc) is 2.62. The van der Waals surface area contributed by atoms with Crippen LogP contribution in [0.2, 0.25) is 0 Å². The fourth-order valence-corrected chi connectivity index (χ4v) is 3.03. The third-order valence-corrected chi connectivity index (χ3v) is 4.75. The maximum absolute atomic E-state index is 12.5. The minimum Gasteiger partial charge on any atom is -0.481 e. The van der Waals surface area contributed by atoms with Crippen molar-refractivity contribution in [2.75, 3.05) is 19.7 Å².